The van der Waals surface area contributed by atoms with Crippen molar-refractivity contribution in [2.75, 3.05) is 0 Å². The van der Waals surface area contributed by atoms with Crippen LogP contribution in [0.5, 0.6) is 0 Å². The Labute approximate surface area is 111 Å². The van der Waals surface area contributed by atoms with Crippen LogP contribution < -0.4 is 0 Å². The van der Waals surface area contributed by atoms with Crippen molar-refractivity contribution in [3.8, 4) is 0 Å². The predicted molar refractivity (Wildman–Crippen MR) is 68.8 cm³/mol. The molecule has 0 spiro atoms. The van der Waals surface area contributed by atoms with E-state index in [0.29, 0.717) is 44.1 Å². The predicted octanol–water partition coefficient (Wildman–Crippen LogP) is 2.69. The van der Waals surface area contributed by atoms with Gasteiger partial charge in [-0.05, 0) is 50.7 Å². The summed E-state index contributed by atoms with van der Waals surface area (Å²) >= 11 is 0. The van der Waals surface area contributed by atoms with Gasteiger partial charge in [0.05, 0.1) is 5.41 Å². The van der Waals surface area contributed by atoms with E-state index in [9.17, 15) is 14.7 Å². The summed E-state index contributed by atoms with van der Waals surface area (Å²) in [5, 5.41) is 9.36. The molecule has 19 heavy (non-hydrogen) atoms. The summed E-state index contributed by atoms with van der Waals surface area (Å²) < 4.78 is 0. The molecule has 100 valence electrons. The molecule has 1 heterocycles. The zero-order valence-electron chi connectivity index (χ0n) is 10.8. The Morgan fingerprint density at radius 1 is 0.947 bits per heavy atom. The van der Waals surface area contributed by atoms with Crippen LogP contribution in [0.4, 0.5) is 0 Å². The molecule has 1 N–H and O–H groups in total. The zero-order chi connectivity index (χ0) is 13.5. The van der Waals surface area contributed by atoms with Crippen molar-refractivity contribution >= 4 is 11.8 Å². The number of carbonyl (C=O) groups excluding carboxylic acids is 1. The molecule has 1 aromatic heterocycles. The molecule has 1 aromatic rings. The zero-order valence-corrected chi connectivity index (χ0v) is 10.8. The largest absolute Gasteiger partial charge is 0.481 e. The number of carboxylic acids is 1. The number of pyridine rings is 1. The lowest BCUT2D eigenvalue weighted by molar-refractivity contribution is -0.157. The summed E-state index contributed by atoms with van der Waals surface area (Å²) in [7, 11) is 0. The van der Waals surface area contributed by atoms with Crippen LogP contribution in [-0.4, -0.2) is 21.8 Å². The topological polar surface area (TPSA) is 67.3 Å². The number of rotatable bonds is 3. The standard InChI is InChI=1S/C15H17NO3/c17-12(11-1-9-16-10-2-11)14-3-6-15(7-4-14,8-5-14)13(18)19/h1-2,9-10H,3-8H2,(H,18,19). The average Bonchev–Trinajstić information content (AvgIpc) is 2.49. The van der Waals surface area contributed by atoms with Gasteiger partial charge in [0.15, 0.2) is 5.78 Å². The van der Waals surface area contributed by atoms with Gasteiger partial charge in [-0.15, -0.1) is 0 Å². The number of ketones is 1. The molecule has 0 aliphatic heterocycles. The summed E-state index contributed by atoms with van der Waals surface area (Å²) in [5.41, 5.74) is -0.168. The molecular formula is C15H17NO3. The fraction of sp³-hybridized carbons (Fsp3) is 0.533. The summed E-state index contributed by atoms with van der Waals surface area (Å²) in [6, 6.07) is 3.51. The third kappa shape index (κ3) is 1.78. The molecule has 0 aromatic carbocycles. The van der Waals surface area contributed by atoms with Crippen molar-refractivity contribution < 1.29 is 14.7 Å². The molecule has 0 amide bonds. The van der Waals surface area contributed by atoms with E-state index in [1.807, 2.05) is 0 Å². The Morgan fingerprint density at radius 2 is 1.42 bits per heavy atom. The highest BCUT2D eigenvalue weighted by Gasteiger charge is 2.55. The van der Waals surface area contributed by atoms with Gasteiger partial charge in [0.25, 0.3) is 0 Å². The summed E-state index contributed by atoms with van der Waals surface area (Å²) in [5.74, 6) is -0.509. The van der Waals surface area contributed by atoms with Crippen LogP contribution >= 0.6 is 0 Å². The average molecular weight is 259 g/mol. The van der Waals surface area contributed by atoms with Gasteiger partial charge in [0, 0.05) is 23.4 Å². The molecular weight excluding hydrogens is 242 g/mol. The van der Waals surface area contributed by atoms with E-state index >= 15 is 0 Å². The minimum atomic E-state index is -0.683. The van der Waals surface area contributed by atoms with Gasteiger partial charge in [-0.25, -0.2) is 0 Å². The molecule has 0 saturated heterocycles. The quantitative estimate of drug-likeness (QED) is 0.847. The highest BCUT2D eigenvalue weighted by Crippen LogP contribution is 2.57. The van der Waals surface area contributed by atoms with E-state index in [4.69, 9.17) is 0 Å². The normalized spacial score (nSPS) is 33.1. The van der Waals surface area contributed by atoms with Crippen LogP contribution in [-0.2, 0) is 4.79 Å². The molecule has 3 fully saturated rings. The fourth-order valence-corrected chi connectivity index (χ4v) is 3.66. The number of carbonyl (C=O) groups is 2. The third-order valence-electron chi connectivity index (χ3n) is 5.12. The maximum Gasteiger partial charge on any atom is 0.309 e. The smallest absolute Gasteiger partial charge is 0.309 e. The van der Waals surface area contributed by atoms with Crippen molar-refractivity contribution in [2.45, 2.75) is 38.5 Å². The molecule has 3 aliphatic carbocycles. The number of aromatic nitrogens is 1. The van der Waals surface area contributed by atoms with E-state index in [1.54, 1.807) is 24.5 Å². The number of aliphatic carboxylic acids is 1. The van der Waals surface area contributed by atoms with Crippen LogP contribution in [0.2, 0.25) is 0 Å². The first-order valence-corrected chi connectivity index (χ1v) is 6.76. The van der Waals surface area contributed by atoms with Crippen LogP contribution in [0.15, 0.2) is 24.5 Å². The van der Waals surface area contributed by atoms with E-state index in [1.165, 1.54) is 0 Å². The first-order chi connectivity index (χ1) is 9.08. The molecule has 0 unspecified atom stereocenters. The van der Waals surface area contributed by atoms with E-state index in [2.05, 4.69) is 4.98 Å². The highest BCUT2D eigenvalue weighted by atomic mass is 16.4. The van der Waals surface area contributed by atoms with Gasteiger partial charge in [0.1, 0.15) is 0 Å². The van der Waals surface area contributed by atoms with Crippen LogP contribution in [0, 0.1) is 10.8 Å². The fourth-order valence-electron chi connectivity index (χ4n) is 3.66. The van der Waals surface area contributed by atoms with Crippen LogP contribution in [0.1, 0.15) is 48.9 Å². The number of Topliss-reactive ketones (excluding diaryl/α,β-unsaturated/α-hetero) is 1. The van der Waals surface area contributed by atoms with Crippen molar-refractivity contribution in [3.63, 3.8) is 0 Å². The molecule has 0 atom stereocenters. The minimum Gasteiger partial charge on any atom is -0.481 e. The Balaban J connectivity index is 1.85. The van der Waals surface area contributed by atoms with Gasteiger partial charge in [-0.2, -0.15) is 0 Å². The molecule has 4 rings (SSSR count). The summed E-state index contributed by atoms with van der Waals surface area (Å²) in [4.78, 5) is 28.0. The Hall–Kier alpha value is -1.71. The highest BCUT2D eigenvalue weighted by molar-refractivity contribution is 6.01. The van der Waals surface area contributed by atoms with Gasteiger partial charge in [-0.1, -0.05) is 0 Å². The van der Waals surface area contributed by atoms with Crippen molar-refractivity contribution in [2.24, 2.45) is 10.8 Å². The minimum absolute atomic E-state index is 0.175. The van der Waals surface area contributed by atoms with E-state index in [-0.39, 0.29) is 11.2 Å². The lowest BCUT2D eigenvalue weighted by atomic mass is 9.52. The molecule has 4 heteroatoms. The molecule has 0 radical (unpaired) electrons. The van der Waals surface area contributed by atoms with Gasteiger partial charge >= 0.3 is 5.97 Å². The Bertz CT molecular complexity index is 499. The number of nitrogens with zero attached hydrogens (tertiary/aromatic N) is 1. The van der Waals surface area contributed by atoms with Crippen molar-refractivity contribution in [3.05, 3.63) is 30.1 Å². The first-order valence-electron chi connectivity index (χ1n) is 6.76. The second-order valence-electron chi connectivity index (χ2n) is 5.93. The molecule has 3 aliphatic rings. The van der Waals surface area contributed by atoms with Gasteiger partial charge < -0.3 is 5.11 Å². The van der Waals surface area contributed by atoms with E-state index < -0.39 is 11.4 Å². The van der Waals surface area contributed by atoms with E-state index in [0.717, 1.165) is 0 Å². The Morgan fingerprint density at radius 3 is 1.89 bits per heavy atom. The maximum absolute atomic E-state index is 12.7. The third-order valence-corrected chi connectivity index (χ3v) is 5.12. The van der Waals surface area contributed by atoms with Gasteiger partial charge in [-0.3, -0.25) is 14.6 Å². The lowest BCUT2D eigenvalue weighted by Crippen LogP contribution is -2.49. The second-order valence-corrected chi connectivity index (χ2v) is 5.93. The first kappa shape index (κ1) is 12.3. The van der Waals surface area contributed by atoms with Crippen molar-refractivity contribution in [1.82, 2.24) is 4.98 Å². The van der Waals surface area contributed by atoms with Crippen molar-refractivity contribution in [1.29, 1.82) is 0 Å². The number of hydrogen-bond donors (Lipinski definition) is 1. The molecule has 4 nitrogen and oxygen atoms in total. The van der Waals surface area contributed by atoms with Gasteiger partial charge in [0.2, 0.25) is 0 Å². The number of fused-ring (bicyclic) bond motifs is 3. The Kier molecular flexibility index (Phi) is 2.69. The second kappa shape index (κ2) is 4.15. The number of carboxylic acid groups (broad SMARTS) is 1. The summed E-state index contributed by atoms with van der Waals surface area (Å²) in [6.07, 6.45) is 7.31. The van der Waals surface area contributed by atoms with Crippen LogP contribution in [0.25, 0.3) is 0 Å². The monoisotopic (exact) mass is 259 g/mol. The molecule has 2 bridgehead atoms. The molecule has 3 saturated carbocycles. The SMILES string of the molecule is O=C(O)C12CCC(C(=O)c3ccncc3)(CC1)CC2. The van der Waals surface area contributed by atoms with Crippen LogP contribution in [0.3, 0.4) is 0 Å². The maximum atomic E-state index is 12.7. The lowest BCUT2D eigenvalue weighted by Gasteiger charge is -2.50. The summed E-state index contributed by atoms with van der Waals surface area (Å²) in [6.45, 7) is 0. The number of hydrogen-bond acceptors (Lipinski definition) is 3.